The molecule has 1 N–H and O–H groups in total. The van der Waals surface area contributed by atoms with Crippen molar-refractivity contribution in [3.05, 3.63) is 51.9 Å². The zero-order chi connectivity index (χ0) is 13.0. The second kappa shape index (κ2) is 5.58. The van der Waals surface area contributed by atoms with Gasteiger partial charge in [0.15, 0.2) is 0 Å². The van der Waals surface area contributed by atoms with Crippen LogP contribution >= 0.6 is 0 Å². The van der Waals surface area contributed by atoms with E-state index in [0.29, 0.717) is 13.2 Å². The SMILES string of the molecule is CCc1cccc(OCCn2[nH]cc(C)c2=O)c1. The number of hydrogen-bond acceptors (Lipinski definition) is 2. The largest absolute Gasteiger partial charge is 0.492 e. The van der Waals surface area contributed by atoms with Crippen molar-refractivity contribution in [3.8, 4) is 5.75 Å². The van der Waals surface area contributed by atoms with E-state index in [1.807, 2.05) is 18.2 Å². The first-order valence-electron chi connectivity index (χ1n) is 6.17. The van der Waals surface area contributed by atoms with E-state index in [9.17, 15) is 4.79 Å². The van der Waals surface area contributed by atoms with Crippen molar-refractivity contribution < 1.29 is 4.74 Å². The normalized spacial score (nSPS) is 10.6. The van der Waals surface area contributed by atoms with Crippen LogP contribution < -0.4 is 10.3 Å². The molecule has 0 atom stereocenters. The highest BCUT2D eigenvalue weighted by atomic mass is 16.5. The van der Waals surface area contributed by atoms with Crippen molar-refractivity contribution in [1.29, 1.82) is 0 Å². The van der Waals surface area contributed by atoms with Gasteiger partial charge < -0.3 is 9.84 Å². The second-order valence-corrected chi connectivity index (χ2v) is 4.26. The van der Waals surface area contributed by atoms with Crippen LogP contribution in [0, 0.1) is 6.92 Å². The van der Waals surface area contributed by atoms with Gasteiger partial charge in [0.25, 0.3) is 5.56 Å². The number of rotatable bonds is 5. The lowest BCUT2D eigenvalue weighted by Crippen LogP contribution is -2.21. The van der Waals surface area contributed by atoms with Crippen LogP contribution in [0.15, 0.2) is 35.3 Å². The highest BCUT2D eigenvalue weighted by Crippen LogP contribution is 2.13. The summed E-state index contributed by atoms with van der Waals surface area (Å²) < 4.78 is 7.19. The van der Waals surface area contributed by atoms with Gasteiger partial charge >= 0.3 is 0 Å². The fourth-order valence-corrected chi connectivity index (χ4v) is 1.78. The third-order valence-corrected chi connectivity index (χ3v) is 2.91. The van der Waals surface area contributed by atoms with Crippen LogP contribution in [-0.2, 0) is 13.0 Å². The van der Waals surface area contributed by atoms with Crippen molar-refractivity contribution in [2.24, 2.45) is 0 Å². The Morgan fingerprint density at radius 2 is 2.22 bits per heavy atom. The smallest absolute Gasteiger partial charge is 0.269 e. The maximum atomic E-state index is 11.6. The standard InChI is InChI=1S/C14H18N2O2/c1-3-12-5-4-6-13(9-12)18-8-7-16-14(17)11(2)10-15-16/h4-6,9-10,15H,3,7-8H2,1-2H3. The Kier molecular flexibility index (Phi) is 3.87. The molecular weight excluding hydrogens is 228 g/mol. The first-order valence-corrected chi connectivity index (χ1v) is 6.17. The van der Waals surface area contributed by atoms with Crippen LogP contribution in [0.5, 0.6) is 5.75 Å². The van der Waals surface area contributed by atoms with E-state index in [0.717, 1.165) is 17.7 Å². The maximum Gasteiger partial charge on any atom is 0.269 e. The summed E-state index contributed by atoms with van der Waals surface area (Å²) in [6.45, 7) is 4.91. The third kappa shape index (κ3) is 2.83. The maximum absolute atomic E-state index is 11.6. The Labute approximate surface area is 106 Å². The van der Waals surface area contributed by atoms with Gasteiger partial charge in [-0.3, -0.25) is 4.79 Å². The summed E-state index contributed by atoms with van der Waals surface area (Å²) in [5.74, 6) is 0.852. The molecule has 0 amide bonds. The molecule has 0 radical (unpaired) electrons. The Bertz CT molecular complexity index is 569. The van der Waals surface area contributed by atoms with Crippen LogP contribution in [0.2, 0.25) is 0 Å². The summed E-state index contributed by atoms with van der Waals surface area (Å²) in [4.78, 5) is 11.6. The molecule has 0 unspecified atom stereocenters. The molecule has 1 heterocycles. The topological polar surface area (TPSA) is 47.0 Å². The van der Waals surface area contributed by atoms with E-state index in [4.69, 9.17) is 4.74 Å². The second-order valence-electron chi connectivity index (χ2n) is 4.26. The Hall–Kier alpha value is -1.97. The van der Waals surface area contributed by atoms with Gasteiger partial charge in [0.1, 0.15) is 12.4 Å². The Balaban J connectivity index is 1.92. The van der Waals surface area contributed by atoms with Crippen LogP contribution in [-0.4, -0.2) is 16.4 Å². The van der Waals surface area contributed by atoms with Crippen LogP contribution in [0.3, 0.4) is 0 Å². The minimum absolute atomic E-state index is 0.0147. The fraction of sp³-hybridized carbons (Fsp3) is 0.357. The summed E-state index contributed by atoms with van der Waals surface area (Å²) >= 11 is 0. The number of aromatic nitrogens is 2. The summed E-state index contributed by atoms with van der Waals surface area (Å²) in [5, 5.41) is 2.91. The molecule has 4 heteroatoms. The number of aromatic amines is 1. The zero-order valence-electron chi connectivity index (χ0n) is 10.8. The van der Waals surface area contributed by atoms with Gasteiger partial charge in [0.05, 0.1) is 6.54 Å². The number of nitrogens with one attached hydrogen (secondary N) is 1. The van der Waals surface area contributed by atoms with Crippen molar-refractivity contribution in [3.63, 3.8) is 0 Å². The zero-order valence-corrected chi connectivity index (χ0v) is 10.8. The van der Waals surface area contributed by atoms with E-state index >= 15 is 0 Å². The number of aryl methyl sites for hydroxylation is 2. The minimum Gasteiger partial charge on any atom is -0.492 e. The van der Waals surface area contributed by atoms with Gasteiger partial charge in [-0.1, -0.05) is 19.1 Å². The third-order valence-electron chi connectivity index (χ3n) is 2.91. The highest BCUT2D eigenvalue weighted by Gasteiger charge is 2.01. The quantitative estimate of drug-likeness (QED) is 0.878. The molecule has 0 fully saturated rings. The van der Waals surface area contributed by atoms with E-state index in [1.165, 1.54) is 5.56 Å². The molecule has 0 saturated heterocycles. The van der Waals surface area contributed by atoms with Crippen molar-refractivity contribution >= 4 is 0 Å². The molecule has 96 valence electrons. The lowest BCUT2D eigenvalue weighted by Gasteiger charge is -2.07. The van der Waals surface area contributed by atoms with Gasteiger partial charge in [0.2, 0.25) is 0 Å². The molecule has 0 saturated carbocycles. The Morgan fingerprint density at radius 3 is 2.89 bits per heavy atom. The molecule has 2 rings (SSSR count). The molecule has 0 aliphatic rings. The van der Waals surface area contributed by atoms with Crippen LogP contribution in [0.25, 0.3) is 0 Å². The van der Waals surface area contributed by atoms with Crippen LogP contribution in [0.4, 0.5) is 0 Å². The molecule has 0 aliphatic heterocycles. The van der Waals surface area contributed by atoms with Crippen LogP contribution in [0.1, 0.15) is 18.1 Å². The minimum atomic E-state index is 0.0147. The molecule has 18 heavy (non-hydrogen) atoms. The number of ether oxygens (including phenoxy) is 1. The number of H-pyrrole nitrogens is 1. The Morgan fingerprint density at radius 1 is 1.39 bits per heavy atom. The molecule has 1 aromatic heterocycles. The van der Waals surface area contributed by atoms with Crippen molar-refractivity contribution in [1.82, 2.24) is 9.78 Å². The average molecular weight is 246 g/mol. The highest BCUT2D eigenvalue weighted by molar-refractivity contribution is 5.28. The molecule has 1 aromatic carbocycles. The lowest BCUT2D eigenvalue weighted by molar-refractivity contribution is 0.289. The van der Waals surface area contributed by atoms with E-state index in [1.54, 1.807) is 17.8 Å². The molecule has 4 nitrogen and oxygen atoms in total. The monoisotopic (exact) mass is 246 g/mol. The summed E-state index contributed by atoms with van der Waals surface area (Å²) in [6.07, 6.45) is 2.70. The molecular formula is C14H18N2O2. The van der Waals surface area contributed by atoms with Crippen molar-refractivity contribution in [2.45, 2.75) is 26.8 Å². The summed E-state index contributed by atoms with van der Waals surface area (Å²) in [5.41, 5.74) is 1.99. The lowest BCUT2D eigenvalue weighted by atomic mass is 10.2. The fourth-order valence-electron chi connectivity index (χ4n) is 1.78. The predicted octanol–water partition coefficient (Wildman–Crippen LogP) is 2.13. The number of nitrogens with zero attached hydrogens (tertiary/aromatic N) is 1. The van der Waals surface area contributed by atoms with E-state index in [2.05, 4.69) is 18.1 Å². The van der Waals surface area contributed by atoms with Gasteiger partial charge in [-0.25, -0.2) is 4.68 Å². The molecule has 0 aliphatic carbocycles. The average Bonchev–Trinajstić information content (AvgIpc) is 2.71. The first-order chi connectivity index (χ1) is 8.70. The van der Waals surface area contributed by atoms with E-state index < -0.39 is 0 Å². The van der Waals surface area contributed by atoms with Gasteiger partial charge in [-0.2, -0.15) is 0 Å². The predicted molar refractivity (Wildman–Crippen MR) is 71.1 cm³/mol. The molecule has 0 spiro atoms. The number of benzene rings is 1. The van der Waals surface area contributed by atoms with E-state index in [-0.39, 0.29) is 5.56 Å². The van der Waals surface area contributed by atoms with Gasteiger partial charge in [-0.05, 0) is 31.0 Å². The first kappa shape index (κ1) is 12.5. The summed E-state index contributed by atoms with van der Waals surface area (Å²) in [7, 11) is 0. The van der Waals surface area contributed by atoms with Crippen molar-refractivity contribution in [2.75, 3.05) is 6.61 Å². The molecule has 2 aromatic rings. The number of hydrogen-bond donors (Lipinski definition) is 1. The summed E-state index contributed by atoms with van der Waals surface area (Å²) in [6, 6.07) is 8.02. The molecule has 0 bridgehead atoms. The van der Waals surface area contributed by atoms with Gasteiger partial charge in [0, 0.05) is 11.8 Å². The van der Waals surface area contributed by atoms with Gasteiger partial charge in [-0.15, -0.1) is 0 Å².